The molecule has 0 amide bonds. The van der Waals surface area contributed by atoms with Gasteiger partial charge in [-0.15, -0.1) is 0 Å². The highest BCUT2D eigenvalue weighted by Crippen LogP contribution is 2.13. The van der Waals surface area contributed by atoms with Crippen LogP contribution in [0.3, 0.4) is 0 Å². The van der Waals surface area contributed by atoms with Gasteiger partial charge < -0.3 is 17.7 Å². The molecular weight excluding hydrogens is 502 g/mol. The lowest BCUT2D eigenvalue weighted by Crippen LogP contribution is -2.07. The van der Waals surface area contributed by atoms with Crippen LogP contribution in [0.2, 0.25) is 0 Å². The van der Waals surface area contributed by atoms with Gasteiger partial charge in [0.25, 0.3) is 0 Å². The fourth-order valence-corrected chi connectivity index (χ4v) is 1.93. The molecule has 0 aliphatic heterocycles. The second-order valence-electron chi connectivity index (χ2n) is 4.05. The number of ether oxygens (including phenoxy) is 3. The summed E-state index contributed by atoms with van der Waals surface area (Å²) in [5.41, 5.74) is 0. The number of hydrogen-bond donors (Lipinski definition) is 1. The summed E-state index contributed by atoms with van der Waals surface area (Å²) in [6.07, 6.45) is 3.30. The van der Waals surface area contributed by atoms with Crippen molar-refractivity contribution in [2.45, 2.75) is 12.8 Å². The third kappa shape index (κ3) is 10.2. The molecule has 0 aliphatic rings. The minimum absolute atomic E-state index is 0.0162. The van der Waals surface area contributed by atoms with Crippen LogP contribution in [0.5, 0.6) is 5.75 Å². The molecule has 0 fully saturated rings. The molecule has 0 saturated carbocycles. The first-order valence-electron chi connectivity index (χ1n) is 6.51. The summed E-state index contributed by atoms with van der Waals surface area (Å²) in [6, 6.07) is 3.74. The standard InChI is InChI=1S/C13H18I2N2O4/c14-12(18)10-20-7-1-5-19-6-2-8-21-11-3-4-13(17-15)16-9-11/h3-4,9H,1-2,5-8,10H2,(H,16,17). The molecule has 1 rings (SSSR count). The predicted molar refractivity (Wildman–Crippen MR) is 97.3 cm³/mol. The van der Waals surface area contributed by atoms with Crippen LogP contribution in [0.25, 0.3) is 0 Å². The topological polar surface area (TPSA) is 69.7 Å². The largest absolute Gasteiger partial charge is 0.492 e. The Bertz CT molecular complexity index is 404. The van der Waals surface area contributed by atoms with Crippen LogP contribution in [-0.4, -0.2) is 41.8 Å². The molecule has 21 heavy (non-hydrogen) atoms. The number of hydrogen-bond acceptors (Lipinski definition) is 6. The van der Waals surface area contributed by atoms with Crippen LogP contribution in [-0.2, 0) is 14.3 Å². The Labute approximate surface area is 152 Å². The van der Waals surface area contributed by atoms with E-state index in [1.807, 2.05) is 35.0 Å². The highest BCUT2D eigenvalue weighted by Gasteiger charge is 1.97. The molecule has 0 atom stereocenters. The van der Waals surface area contributed by atoms with Gasteiger partial charge in [-0.05, 0) is 18.6 Å². The van der Waals surface area contributed by atoms with Crippen LogP contribution in [0.4, 0.5) is 5.82 Å². The van der Waals surface area contributed by atoms with Crippen molar-refractivity contribution in [2.75, 3.05) is 36.6 Å². The summed E-state index contributed by atoms with van der Waals surface area (Å²) >= 11 is 3.75. The number of carbonyl (C=O) groups excluding carboxylic acids is 1. The van der Waals surface area contributed by atoms with Gasteiger partial charge in [0.1, 0.15) is 18.2 Å². The Morgan fingerprint density at radius 1 is 1.14 bits per heavy atom. The van der Waals surface area contributed by atoms with E-state index < -0.39 is 0 Å². The zero-order valence-electron chi connectivity index (χ0n) is 11.5. The summed E-state index contributed by atoms with van der Waals surface area (Å²) in [5.74, 6) is 1.56. The minimum Gasteiger partial charge on any atom is -0.492 e. The van der Waals surface area contributed by atoms with Gasteiger partial charge in [-0.2, -0.15) is 0 Å². The number of halogens is 2. The molecule has 8 heteroatoms. The second kappa shape index (κ2) is 12.4. The maximum absolute atomic E-state index is 10.6. The number of rotatable bonds is 12. The molecule has 1 aromatic heterocycles. The van der Waals surface area contributed by atoms with Gasteiger partial charge in [0.05, 0.1) is 35.7 Å². The van der Waals surface area contributed by atoms with Crippen molar-refractivity contribution in [1.29, 1.82) is 0 Å². The lowest BCUT2D eigenvalue weighted by atomic mass is 10.4. The van der Waals surface area contributed by atoms with Crippen LogP contribution < -0.4 is 8.27 Å². The molecule has 118 valence electrons. The molecular formula is C13H18I2N2O4. The van der Waals surface area contributed by atoms with Crippen LogP contribution >= 0.6 is 45.5 Å². The summed E-state index contributed by atoms with van der Waals surface area (Å²) < 4.78 is 19.0. The highest BCUT2D eigenvalue weighted by molar-refractivity contribution is 14.1. The number of nitrogens with zero attached hydrogens (tertiary/aromatic N) is 1. The minimum atomic E-state index is 0.0162. The summed E-state index contributed by atoms with van der Waals surface area (Å²) in [7, 11) is 0. The quantitative estimate of drug-likeness (QED) is 0.198. The van der Waals surface area contributed by atoms with Crippen molar-refractivity contribution in [3.8, 4) is 5.75 Å². The highest BCUT2D eigenvalue weighted by atomic mass is 127. The van der Waals surface area contributed by atoms with Crippen molar-refractivity contribution >= 4 is 55.1 Å². The molecule has 1 heterocycles. The molecule has 0 radical (unpaired) electrons. The number of nitrogens with one attached hydrogen (secondary N) is 1. The third-order valence-electron chi connectivity index (χ3n) is 2.33. The molecule has 0 aromatic carbocycles. The Hall–Kier alpha value is -0.200. The van der Waals surface area contributed by atoms with E-state index >= 15 is 0 Å². The van der Waals surface area contributed by atoms with Gasteiger partial charge in [0.15, 0.2) is 0 Å². The number of aromatic nitrogens is 1. The summed E-state index contributed by atoms with van der Waals surface area (Å²) in [4.78, 5) is 14.8. The maximum atomic E-state index is 10.6. The number of pyridine rings is 1. The second-order valence-corrected chi connectivity index (χ2v) is 5.79. The zero-order valence-corrected chi connectivity index (χ0v) is 15.8. The van der Waals surface area contributed by atoms with Crippen molar-refractivity contribution < 1.29 is 19.0 Å². The third-order valence-corrected chi connectivity index (χ3v) is 3.19. The first-order chi connectivity index (χ1) is 10.2. The zero-order chi connectivity index (χ0) is 15.3. The monoisotopic (exact) mass is 520 g/mol. The van der Waals surface area contributed by atoms with Gasteiger partial charge in [0, 0.05) is 48.8 Å². The van der Waals surface area contributed by atoms with Crippen LogP contribution in [0.1, 0.15) is 12.8 Å². The van der Waals surface area contributed by atoms with E-state index in [2.05, 4.69) is 8.51 Å². The van der Waals surface area contributed by atoms with E-state index in [-0.39, 0.29) is 10.4 Å². The average molecular weight is 520 g/mol. The van der Waals surface area contributed by atoms with Gasteiger partial charge in [-0.3, -0.25) is 4.79 Å². The van der Waals surface area contributed by atoms with E-state index in [0.29, 0.717) is 26.4 Å². The first kappa shape index (κ1) is 18.8. The molecule has 0 saturated heterocycles. The smallest absolute Gasteiger partial charge is 0.217 e. The Morgan fingerprint density at radius 3 is 2.48 bits per heavy atom. The molecule has 0 bridgehead atoms. The fourth-order valence-electron chi connectivity index (χ4n) is 1.39. The van der Waals surface area contributed by atoms with E-state index in [4.69, 9.17) is 14.2 Å². The van der Waals surface area contributed by atoms with E-state index in [0.717, 1.165) is 24.4 Å². The Morgan fingerprint density at radius 2 is 1.86 bits per heavy atom. The molecule has 1 N–H and O–H groups in total. The lowest BCUT2D eigenvalue weighted by molar-refractivity contribution is -0.113. The predicted octanol–water partition coefficient (Wildman–Crippen LogP) is 3.00. The molecule has 0 spiro atoms. The summed E-state index contributed by atoms with van der Waals surface area (Å²) in [5, 5.41) is 0. The van der Waals surface area contributed by atoms with Crippen molar-refractivity contribution in [3.63, 3.8) is 0 Å². The van der Waals surface area contributed by atoms with Crippen LogP contribution in [0.15, 0.2) is 18.3 Å². The lowest BCUT2D eigenvalue weighted by Gasteiger charge is -2.07. The van der Waals surface area contributed by atoms with Crippen molar-refractivity contribution in [1.82, 2.24) is 4.98 Å². The van der Waals surface area contributed by atoms with Gasteiger partial charge in [-0.25, -0.2) is 4.98 Å². The SMILES string of the molecule is O=C(I)COCCCOCCCOc1ccc(NI)nc1. The molecule has 1 aromatic rings. The van der Waals surface area contributed by atoms with Crippen molar-refractivity contribution in [2.24, 2.45) is 0 Å². The maximum Gasteiger partial charge on any atom is 0.217 e. The number of carbonyl (C=O) groups is 1. The average Bonchev–Trinajstić information content (AvgIpc) is 2.49. The van der Waals surface area contributed by atoms with E-state index in [1.54, 1.807) is 28.8 Å². The van der Waals surface area contributed by atoms with E-state index in [9.17, 15) is 4.79 Å². The summed E-state index contributed by atoms with van der Waals surface area (Å²) in [6.45, 7) is 2.60. The van der Waals surface area contributed by atoms with Crippen molar-refractivity contribution in [3.05, 3.63) is 18.3 Å². The van der Waals surface area contributed by atoms with Crippen LogP contribution in [0, 0.1) is 0 Å². The van der Waals surface area contributed by atoms with Gasteiger partial charge in [0.2, 0.25) is 3.79 Å². The first-order valence-corrected chi connectivity index (χ1v) is 8.67. The molecule has 6 nitrogen and oxygen atoms in total. The van der Waals surface area contributed by atoms with Gasteiger partial charge >= 0.3 is 0 Å². The normalized spacial score (nSPS) is 10.4. The molecule has 0 aliphatic carbocycles. The Balaban J connectivity index is 1.91. The fraction of sp³-hybridized carbons (Fsp3) is 0.538. The molecule has 0 unspecified atom stereocenters. The van der Waals surface area contributed by atoms with E-state index in [1.165, 1.54) is 0 Å². The van der Waals surface area contributed by atoms with Gasteiger partial charge in [-0.1, -0.05) is 0 Å². The Kier molecular flexibility index (Phi) is 11.1. The number of anilines is 1.